The normalized spacial score (nSPS) is 11.5. The number of rotatable bonds is 13. The van der Waals surface area contributed by atoms with Crippen molar-refractivity contribution in [2.75, 3.05) is 0 Å². The van der Waals surface area contributed by atoms with E-state index in [2.05, 4.69) is 86.6 Å². The summed E-state index contributed by atoms with van der Waals surface area (Å²) in [5.41, 5.74) is 5.56. The minimum atomic E-state index is 1.20. The molecule has 0 radical (unpaired) electrons. The van der Waals surface area contributed by atoms with E-state index in [-0.39, 0.29) is 0 Å². The van der Waals surface area contributed by atoms with Crippen LogP contribution in [0.25, 0.3) is 32.7 Å². The van der Waals surface area contributed by atoms with Crippen LogP contribution < -0.4 is 0 Å². The quantitative estimate of drug-likeness (QED) is 0.140. The summed E-state index contributed by atoms with van der Waals surface area (Å²) in [5, 5.41) is 5.38. The smallest absolute Gasteiger partial charge is 0.0171 e. The fraction of sp³-hybridized carbons (Fsp3) is 0.412. The molecule has 0 saturated heterocycles. The summed E-state index contributed by atoms with van der Waals surface area (Å²) in [4.78, 5) is 0. The molecular weight excluding hydrogens is 408 g/mol. The van der Waals surface area contributed by atoms with Crippen LogP contribution in [0, 0.1) is 0 Å². The highest BCUT2D eigenvalue weighted by molar-refractivity contribution is 5.99. The van der Waals surface area contributed by atoms with E-state index in [0.29, 0.717) is 0 Å². The van der Waals surface area contributed by atoms with Gasteiger partial charge in [-0.3, -0.25) is 0 Å². The van der Waals surface area contributed by atoms with Crippen LogP contribution in [0.4, 0.5) is 0 Å². The van der Waals surface area contributed by atoms with Crippen molar-refractivity contribution in [3.8, 4) is 11.1 Å². The minimum Gasteiger partial charge on any atom is -0.0654 e. The minimum absolute atomic E-state index is 1.20. The number of benzene rings is 4. The van der Waals surface area contributed by atoms with E-state index in [1.54, 1.807) is 0 Å². The van der Waals surface area contributed by atoms with Gasteiger partial charge in [-0.05, 0) is 87.7 Å². The number of hydrogen-bond donors (Lipinski definition) is 0. The Balaban J connectivity index is 1.43. The first kappa shape index (κ1) is 24.5. The third-order valence-corrected chi connectivity index (χ3v) is 7.29. The van der Waals surface area contributed by atoms with Gasteiger partial charge in [-0.2, -0.15) is 0 Å². The molecule has 4 rings (SSSR count). The van der Waals surface area contributed by atoms with Crippen LogP contribution >= 0.6 is 0 Å². The number of unbranched alkanes of at least 4 members (excludes halogenated alkanes) is 8. The van der Waals surface area contributed by atoms with Gasteiger partial charge in [-0.25, -0.2) is 0 Å². The molecule has 0 spiro atoms. The molecule has 0 bridgehead atoms. The van der Waals surface area contributed by atoms with E-state index in [1.165, 1.54) is 121 Å². The zero-order valence-corrected chi connectivity index (χ0v) is 21.4. The zero-order chi connectivity index (χ0) is 23.6. The van der Waals surface area contributed by atoms with Gasteiger partial charge in [0.25, 0.3) is 0 Å². The van der Waals surface area contributed by atoms with Crippen LogP contribution in [-0.4, -0.2) is 0 Å². The van der Waals surface area contributed by atoms with E-state index < -0.39 is 0 Å². The second kappa shape index (κ2) is 12.7. The summed E-state index contributed by atoms with van der Waals surface area (Å²) < 4.78 is 0. The van der Waals surface area contributed by atoms with E-state index in [1.807, 2.05) is 0 Å². The van der Waals surface area contributed by atoms with Gasteiger partial charge in [0, 0.05) is 0 Å². The predicted molar refractivity (Wildman–Crippen MR) is 152 cm³/mol. The maximum absolute atomic E-state index is 2.41. The van der Waals surface area contributed by atoms with Gasteiger partial charge in [0.15, 0.2) is 0 Å². The average Bonchev–Trinajstić information content (AvgIpc) is 2.87. The number of fused-ring (bicyclic) bond motifs is 2. The molecule has 4 aromatic carbocycles. The lowest BCUT2D eigenvalue weighted by Crippen LogP contribution is -1.88. The molecule has 0 aliphatic heterocycles. The van der Waals surface area contributed by atoms with Crippen LogP contribution in [-0.2, 0) is 12.8 Å². The molecular formula is C34H42. The third-order valence-electron chi connectivity index (χ3n) is 7.29. The summed E-state index contributed by atoms with van der Waals surface area (Å²) in [5.74, 6) is 0. The molecule has 0 atom stereocenters. The summed E-state index contributed by atoms with van der Waals surface area (Å²) in [7, 11) is 0. The van der Waals surface area contributed by atoms with Crippen molar-refractivity contribution in [1.82, 2.24) is 0 Å². The van der Waals surface area contributed by atoms with Crippen LogP contribution in [0.1, 0.15) is 89.2 Å². The molecule has 0 nitrogen and oxygen atoms in total. The van der Waals surface area contributed by atoms with Gasteiger partial charge < -0.3 is 0 Å². The average molecular weight is 451 g/mol. The molecule has 0 aromatic heterocycles. The van der Waals surface area contributed by atoms with E-state index in [9.17, 15) is 0 Å². The first-order valence-corrected chi connectivity index (χ1v) is 13.8. The molecule has 0 heterocycles. The molecule has 178 valence electrons. The van der Waals surface area contributed by atoms with Crippen molar-refractivity contribution in [2.45, 2.75) is 90.9 Å². The van der Waals surface area contributed by atoms with Crippen molar-refractivity contribution < 1.29 is 0 Å². The van der Waals surface area contributed by atoms with Crippen LogP contribution in [0.2, 0.25) is 0 Å². The maximum Gasteiger partial charge on any atom is -0.0171 e. The van der Waals surface area contributed by atoms with Crippen LogP contribution in [0.3, 0.4) is 0 Å². The Hall–Kier alpha value is -2.60. The SMILES string of the molecule is CCCCCCCCc1ccc2cc3cc(-c4ccc(CCCCCC)cc4)ccc3cc2c1. The summed E-state index contributed by atoms with van der Waals surface area (Å²) in [6.07, 6.45) is 15.9. The monoisotopic (exact) mass is 450 g/mol. The fourth-order valence-electron chi connectivity index (χ4n) is 5.11. The second-order valence-corrected chi connectivity index (χ2v) is 10.1. The molecule has 0 N–H and O–H groups in total. The van der Waals surface area contributed by atoms with E-state index in [4.69, 9.17) is 0 Å². The van der Waals surface area contributed by atoms with Crippen molar-refractivity contribution in [3.63, 3.8) is 0 Å². The second-order valence-electron chi connectivity index (χ2n) is 10.1. The predicted octanol–water partition coefficient (Wildman–Crippen LogP) is 10.7. The Bertz CT molecular complexity index is 1170. The number of hydrogen-bond acceptors (Lipinski definition) is 0. The zero-order valence-electron chi connectivity index (χ0n) is 21.4. The highest BCUT2D eigenvalue weighted by Crippen LogP contribution is 2.29. The largest absolute Gasteiger partial charge is 0.0654 e. The molecule has 0 fully saturated rings. The summed E-state index contributed by atoms with van der Waals surface area (Å²) in [6.45, 7) is 4.56. The van der Waals surface area contributed by atoms with E-state index >= 15 is 0 Å². The standard InChI is InChI=1S/C34H42/c1-3-5-7-9-10-12-14-28-17-20-31-26-34-24-30(21-22-32(34)25-33(31)23-28)29-18-15-27(16-19-29)13-11-8-6-4-2/h15-26H,3-14H2,1-2H3. The highest BCUT2D eigenvalue weighted by atomic mass is 14.1. The van der Waals surface area contributed by atoms with E-state index in [0.717, 1.165) is 0 Å². The first-order chi connectivity index (χ1) is 16.8. The van der Waals surface area contributed by atoms with Crippen molar-refractivity contribution >= 4 is 21.5 Å². The Morgan fingerprint density at radius 3 is 1.59 bits per heavy atom. The summed E-state index contributed by atoms with van der Waals surface area (Å²) in [6, 6.07) is 28.0. The van der Waals surface area contributed by atoms with Crippen LogP contribution in [0.5, 0.6) is 0 Å². The molecule has 0 amide bonds. The maximum atomic E-state index is 2.41. The lowest BCUT2D eigenvalue weighted by Gasteiger charge is -2.09. The lowest BCUT2D eigenvalue weighted by atomic mass is 9.96. The van der Waals surface area contributed by atoms with Crippen molar-refractivity contribution in [3.05, 3.63) is 83.9 Å². The van der Waals surface area contributed by atoms with Gasteiger partial charge in [0.05, 0.1) is 0 Å². The fourth-order valence-corrected chi connectivity index (χ4v) is 5.11. The molecule has 34 heavy (non-hydrogen) atoms. The lowest BCUT2D eigenvalue weighted by molar-refractivity contribution is 0.607. The molecule has 0 aliphatic carbocycles. The Labute approximate surface area is 207 Å². The molecule has 0 unspecified atom stereocenters. The van der Waals surface area contributed by atoms with Crippen LogP contribution in [0.15, 0.2) is 72.8 Å². The van der Waals surface area contributed by atoms with Crippen molar-refractivity contribution in [2.24, 2.45) is 0 Å². The molecule has 0 aliphatic rings. The molecule has 0 heteroatoms. The molecule has 4 aromatic rings. The Morgan fingerprint density at radius 1 is 0.382 bits per heavy atom. The topological polar surface area (TPSA) is 0 Å². The van der Waals surface area contributed by atoms with Gasteiger partial charge in [-0.1, -0.05) is 120 Å². The van der Waals surface area contributed by atoms with Gasteiger partial charge >= 0.3 is 0 Å². The summed E-state index contributed by atoms with van der Waals surface area (Å²) >= 11 is 0. The van der Waals surface area contributed by atoms with Gasteiger partial charge in [0.2, 0.25) is 0 Å². The van der Waals surface area contributed by atoms with Gasteiger partial charge in [0.1, 0.15) is 0 Å². The van der Waals surface area contributed by atoms with Gasteiger partial charge in [-0.15, -0.1) is 0 Å². The first-order valence-electron chi connectivity index (χ1n) is 13.8. The number of aryl methyl sites for hydroxylation is 2. The molecule has 0 saturated carbocycles. The van der Waals surface area contributed by atoms with Crippen molar-refractivity contribution in [1.29, 1.82) is 0 Å². The third kappa shape index (κ3) is 6.72. The highest BCUT2D eigenvalue weighted by Gasteiger charge is 2.04. The Morgan fingerprint density at radius 2 is 0.882 bits per heavy atom. The Kier molecular flexibility index (Phi) is 9.19.